The summed E-state index contributed by atoms with van der Waals surface area (Å²) in [5, 5.41) is 17.4. The number of carbonyl (C=O) groups excluding carboxylic acids is 1. The summed E-state index contributed by atoms with van der Waals surface area (Å²) in [6, 6.07) is 13.0. The Labute approximate surface area is 145 Å². The van der Waals surface area contributed by atoms with Gasteiger partial charge in [0, 0.05) is 11.8 Å². The SMILES string of the molecule is Cc1cc(NC(=O)c2ccc(Nc3ccc(C(C)C)cc3)nn2)no1. The predicted molar refractivity (Wildman–Crippen MR) is 95.0 cm³/mol. The maximum absolute atomic E-state index is 12.1. The quantitative estimate of drug-likeness (QED) is 0.733. The molecule has 0 aliphatic rings. The number of rotatable bonds is 5. The summed E-state index contributed by atoms with van der Waals surface area (Å²) >= 11 is 0. The highest BCUT2D eigenvalue weighted by Gasteiger charge is 2.11. The molecule has 3 rings (SSSR count). The van der Waals surface area contributed by atoms with Crippen LogP contribution in [0.2, 0.25) is 0 Å². The first-order valence-electron chi connectivity index (χ1n) is 7.96. The van der Waals surface area contributed by atoms with Gasteiger partial charge in [-0.05, 0) is 42.7 Å². The molecule has 25 heavy (non-hydrogen) atoms. The van der Waals surface area contributed by atoms with Crippen LogP contribution in [0.3, 0.4) is 0 Å². The zero-order chi connectivity index (χ0) is 17.8. The normalized spacial score (nSPS) is 10.7. The molecular weight excluding hydrogens is 318 g/mol. The minimum Gasteiger partial charge on any atom is -0.360 e. The Bertz CT molecular complexity index is 854. The van der Waals surface area contributed by atoms with Crippen molar-refractivity contribution in [3.8, 4) is 0 Å². The number of nitrogens with one attached hydrogen (secondary N) is 2. The summed E-state index contributed by atoms with van der Waals surface area (Å²) in [5.74, 6) is 1.61. The van der Waals surface area contributed by atoms with E-state index in [0.717, 1.165) is 5.69 Å². The van der Waals surface area contributed by atoms with Gasteiger partial charge in [-0.1, -0.05) is 31.1 Å². The van der Waals surface area contributed by atoms with E-state index in [2.05, 4.69) is 52.0 Å². The zero-order valence-corrected chi connectivity index (χ0v) is 14.3. The minimum atomic E-state index is -0.395. The van der Waals surface area contributed by atoms with Gasteiger partial charge in [0.05, 0.1) is 0 Å². The van der Waals surface area contributed by atoms with Crippen LogP contribution in [0.4, 0.5) is 17.3 Å². The van der Waals surface area contributed by atoms with Gasteiger partial charge in [-0.3, -0.25) is 4.79 Å². The summed E-state index contributed by atoms with van der Waals surface area (Å²) in [6.07, 6.45) is 0. The zero-order valence-electron chi connectivity index (χ0n) is 14.3. The summed E-state index contributed by atoms with van der Waals surface area (Å²) in [4.78, 5) is 12.1. The van der Waals surface area contributed by atoms with E-state index in [9.17, 15) is 4.79 Å². The molecule has 0 aliphatic heterocycles. The molecule has 0 atom stereocenters. The van der Waals surface area contributed by atoms with E-state index in [4.69, 9.17) is 4.52 Å². The average Bonchev–Trinajstić information content (AvgIpc) is 3.01. The Balaban J connectivity index is 1.64. The van der Waals surface area contributed by atoms with E-state index in [1.165, 1.54) is 5.56 Å². The molecule has 7 nitrogen and oxygen atoms in total. The van der Waals surface area contributed by atoms with Gasteiger partial charge in [0.15, 0.2) is 17.3 Å². The van der Waals surface area contributed by atoms with Crippen LogP contribution in [0.25, 0.3) is 0 Å². The van der Waals surface area contributed by atoms with E-state index < -0.39 is 5.91 Å². The first kappa shape index (κ1) is 16.6. The Morgan fingerprint density at radius 2 is 1.80 bits per heavy atom. The fourth-order valence-electron chi connectivity index (χ4n) is 2.22. The van der Waals surface area contributed by atoms with Crippen LogP contribution in [0, 0.1) is 6.92 Å². The second-order valence-electron chi connectivity index (χ2n) is 5.98. The minimum absolute atomic E-state index is 0.196. The van der Waals surface area contributed by atoms with E-state index in [1.54, 1.807) is 25.1 Å². The molecule has 2 N–H and O–H groups in total. The molecule has 1 aromatic carbocycles. The van der Waals surface area contributed by atoms with Gasteiger partial charge in [0.2, 0.25) is 0 Å². The van der Waals surface area contributed by atoms with Crippen molar-refractivity contribution in [3.63, 3.8) is 0 Å². The van der Waals surface area contributed by atoms with Crippen LogP contribution in [0.1, 0.15) is 41.6 Å². The molecule has 0 saturated carbocycles. The topological polar surface area (TPSA) is 92.9 Å². The lowest BCUT2D eigenvalue weighted by atomic mass is 10.0. The summed E-state index contributed by atoms with van der Waals surface area (Å²) < 4.78 is 4.90. The molecule has 7 heteroatoms. The first-order valence-corrected chi connectivity index (χ1v) is 7.96. The molecule has 1 amide bonds. The van der Waals surface area contributed by atoms with Gasteiger partial charge in [-0.2, -0.15) is 0 Å². The van der Waals surface area contributed by atoms with Crippen molar-refractivity contribution in [2.24, 2.45) is 0 Å². The molecule has 0 fully saturated rings. The van der Waals surface area contributed by atoms with Crippen LogP contribution in [-0.2, 0) is 0 Å². The smallest absolute Gasteiger partial charge is 0.277 e. The van der Waals surface area contributed by atoms with Gasteiger partial charge >= 0.3 is 0 Å². The number of hydrogen-bond acceptors (Lipinski definition) is 6. The average molecular weight is 337 g/mol. The van der Waals surface area contributed by atoms with Gasteiger partial charge in [0.1, 0.15) is 5.76 Å². The number of anilines is 3. The van der Waals surface area contributed by atoms with Crippen molar-refractivity contribution in [3.05, 3.63) is 59.5 Å². The monoisotopic (exact) mass is 337 g/mol. The van der Waals surface area contributed by atoms with Crippen LogP contribution in [-0.4, -0.2) is 21.3 Å². The number of benzene rings is 1. The van der Waals surface area contributed by atoms with Crippen molar-refractivity contribution in [1.29, 1.82) is 0 Å². The molecule has 2 aromatic heterocycles. The number of amides is 1. The molecule has 0 spiro atoms. The highest BCUT2D eigenvalue weighted by Crippen LogP contribution is 2.19. The summed E-state index contributed by atoms with van der Waals surface area (Å²) in [6.45, 7) is 6.05. The molecule has 0 bridgehead atoms. The Hall–Kier alpha value is -3.22. The lowest BCUT2D eigenvalue weighted by molar-refractivity contribution is 0.102. The summed E-state index contributed by atoms with van der Waals surface area (Å²) in [5.41, 5.74) is 2.38. The van der Waals surface area contributed by atoms with E-state index in [1.807, 2.05) is 12.1 Å². The lowest BCUT2D eigenvalue weighted by Crippen LogP contribution is -2.14. The van der Waals surface area contributed by atoms with Crippen molar-refractivity contribution in [2.45, 2.75) is 26.7 Å². The van der Waals surface area contributed by atoms with Gasteiger partial charge in [-0.25, -0.2) is 0 Å². The van der Waals surface area contributed by atoms with Crippen molar-refractivity contribution >= 4 is 23.2 Å². The lowest BCUT2D eigenvalue weighted by Gasteiger charge is -2.08. The third-order valence-corrected chi connectivity index (χ3v) is 3.62. The number of aromatic nitrogens is 3. The van der Waals surface area contributed by atoms with Crippen LogP contribution < -0.4 is 10.6 Å². The third kappa shape index (κ3) is 4.20. The van der Waals surface area contributed by atoms with Crippen molar-refractivity contribution < 1.29 is 9.32 Å². The van der Waals surface area contributed by atoms with Crippen molar-refractivity contribution in [2.75, 3.05) is 10.6 Å². The predicted octanol–water partition coefficient (Wildman–Crippen LogP) is 3.89. The van der Waals surface area contributed by atoms with Gasteiger partial charge in [0.25, 0.3) is 5.91 Å². The second-order valence-corrected chi connectivity index (χ2v) is 5.98. The Kier molecular flexibility index (Phi) is 4.74. The maximum Gasteiger partial charge on any atom is 0.277 e. The number of aryl methyl sites for hydroxylation is 1. The molecule has 0 unspecified atom stereocenters. The number of nitrogens with zero attached hydrogens (tertiary/aromatic N) is 3. The molecule has 0 aliphatic carbocycles. The standard InChI is InChI=1S/C18H19N5O2/c1-11(2)13-4-6-14(7-5-13)19-16-9-8-15(21-22-16)18(24)20-17-10-12(3)25-23-17/h4-11H,1-3H3,(H,19,22)(H,20,23,24). The Morgan fingerprint density at radius 1 is 1.04 bits per heavy atom. The highest BCUT2D eigenvalue weighted by atomic mass is 16.5. The van der Waals surface area contributed by atoms with E-state index >= 15 is 0 Å². The molecule has 0 radical (unpaired) electrons. The number of carbonyl (C=O) groups is 1. The van der Waals surface area contributed by atoms with E-state index in [0.29, 0.717) is 23.3 Å². The molecule has 2 heterocycles. The highest BCUT2D eigenvalue weighted by molar-refractivity contribution is 6.02. The molecule has 128 valence electrons. The third-order valence-electron chi connectivity index (χ3n) is 3.62. The molecular formula is C18H19N5O2. The van der Waals surface area contributed by atoms with Crippen LogP contribution in [0.15, 0.2) is 47.0 Å². The van der Waals surface area contributed by atoms with Gasteiger partial charge in [-0.15, -0.1) is 10.2 Å². The van der Waals surface area contributed by atoms with Crippen LogP contribution >= 0.6 is 0 Å². The van der Waals surface area contributed by atoms with Crippen LogP contribution in [0.5, 0.6) is 0 Å². The second kappa shape index (κ2) is 7.12. The van der Waals surface area contributed by atoms with Gasteiger partial charge < -0.3 is 15.2 Å². The fourth-order valence-corrected chi connectivity index (χ4v) is 2.22. The molecule has 0 saturated heterocycles. The maximum atomic E-state index is 12.1. The molecule has 3 aromatic rings. The Morgan fingerprint density at radius 3 is 2.36 bits per heavy atom. The first-order chi connectivity index (χ1) is 12.0. The fraction of sp³-hybridized carbons (Fsp3) is 0.222. The van der Waals surface area contributed by atoms with Crippen molar-refractivity contribution in [1.82, 2.24) is 15.4 Å². The van der Waals surface area contributed by atoms with E-state index in [-0.39, 0.29) is 5.69 Å². The summed E-state index contributed by atoms with van der Waals surface area (Å²) in [7, 11) is 0. The number of hydrogen-bond donors (Lipinski definition) is 2. The largest absolute Gasteiger partial charge is 0.360 e.